The Balaban J connectivity index is 2.02. The van der Waals surface area contributed by atoms with Gasteiger partial charge in [0.15, 0.2) is 0 Å². The predicted octanol–water partition coefficient (Wildman–Crippen LogP) is 5.32. The quantitative estimate of drug-likeness (QED) is 0.738. The van der Waals surface area contributed by atoms with Gasteiger partial charge in [0.25, 0.3) is 0 Å². The van der Waals surface area contributed by atoms with E-state index in [9.17, 15) is 4.79 Å². The molecule has 2 rings (SSSR count). The minimum Gasteiger partial charge on any atom is -0.299 e. The van der Waals surface area contributed by atoms with Crippen molar-refractivity contribution < 1.29 is 4.79 Å². The molecule has 1 fully saturated rings. The van der Waals surface area contributed by atoms with Crippen molar-refractivity contribution in [3.63, 3.8) is 0 Å². The average Bonchev–Trinajstić information content (AvgIpc) is 2.33. The molecule has 1 aromatic rings. The number of hydrogen-bond donors (Lipinski definition) is 0. The highest BCUT2D eigenvalue weighted by molar-refractivity contribution is 6.36. The Morgan fingerprint density at radius 3 is 2.26 bits per heavy atom. The van der Waals surface area contributed by atoms with E-state index < -0.39 is 0 Å². The zero-order chi connectivity index (χ0) is 14.0. The molecule has 0 saturated heterocycles. The minimum absolute atomic E-state index is 0.181. The van der Waals surface area contributed by atoms with Gasteiger partial charge in [0.05, 0.1) is 0 Å². The number of ketones is 1. The molecular weight excluding hydrogens is 279 g/mol. The third-order valence-electron chi connectivity index (χ3n) is 4.21. The molecule has 0 radical (unpaired) electrons. The Morgan fingerprint density at radius 2 is 1.74 bits per heavy atom. The lowest BCUT2D eigenvalue weighted by Gasteiger charge is -2.33. The minimum atomic E-state index is 0.181. The summed E-state index contributed by atoms with van der Waals surface area (Å²) in [5.74, 6) is 0.464. The van der Waals surface area contributed by atoms with E-state index in [1.807, 2.05) is 6.07 Å². The van der Waals surface area contributed by atoms with Crippen LogP contribution in [-0.4, -0.2) is 5.78 Å². The number of hydrogen-bond acceptors (Lipinski definition) is 1. The zero-order valence-electron chi connectivity index (χ0n) is 11.5. The highest BCUT2D eigenvalue weighted by atomic mass is 35.5. The van der Waals surface area contributed by atoms with Crippen LogP contribution in [-0.2, 0) is 11.2 Å². The van der Waals surface area contributed by atoms with Crippen molar-refractivity contribution >= 4 is 29.0 Å². The summed E-state index contributed by atoms with van der Waals surface area (Å²) in [6, 6.07) is 5.39. The maximum Gasteiger partial charge on any atom is 0.140 e. The van der Waals surface area contributed by atoms with Gasteiger partial charge in [0, 0.05) is 22.4 Å². The summed E-state index contributed by atoms with van der Waals surface area (Å²) in [5, 5.41) is 1.19. The fourth-order valence-corrected chi connectivity index (χ4v) is 3.27. The predicted molar refractivity (Wildman–Crippen MR) is 80.9 cm³/mol. The van der Waals surface area contributed by atoms with E-state index in [0.717, 1.165) is 31.2 Å². The highest BCUT2D eigenvalue weighted by Crippen LogP contribution is 2.39. The molecule has 0 aromatic heterocycles. The van der Waals surface area contributed by atoms with Gasteiger partial charge in [-0.1, -0.05) is 43.1 Å². The van der Waals surface area contributed by atoms with E-state index in [0.29, 0.717) is 21.9 Å². The molecule has 1 aliphatic carbocycles. The van der Waals surface area contributed by atoms with Crippen LogP contribution >= 0.6 is 23.2 Å². The van der Waals surface area contributed by atoms with Crippen molar-refractivity contribution in [2.75, 3.05) is 0 Å². The summed E-state index contributed by atoms with van der Waals surface area (Å²) in [6.45, 7) is 4.55. The maximum atomic E-state index is 12.4. The van der Waals surface area contributed by atoms with Gasteiger partial charge in [-0.15, -0.1) is 0 Å². The lowest BCUT2D eigenvalue weighted by atomic mass is 9.71. The summed E-state index contributed by atoms with van der Waals surface area (Å²) in [5.41, 5.74) is 1.17. The van der Waals surface area contributed by atoms with Crippen LogP contribution in [0.3, 0.4) is 0 Å². The summed E-state index contributed by atoms with van der Waals surface area (Å²) < 4.78 is 0. The van der Waals surface area contributed by atoms with Crippen LogP contribution < -0.4 is 0 Å². The summed E-state index contributed by atoms with van der Waals surface area (Å²) in [7, 11) is 0. The molecule has 0 spiro atoms. The van der Waals surface area contributed by atoms with E-state index in [1.54, 1.807) is 12.1 Å². The third kappa shape index (κ3) is 3.73. The van der Waals surface area contributed by atoms with Gasteiger partial charge in [-0.2, -0.15) is 0 Å². The number of carbonyl (C=O) groups is 1. The van der Waals surface area contributed by atoms with Gasteiger partial charge in [0.1, 0.15) is 5.78 Å². The van der Waals surface area contributed by atoms with Gasteiger partial charge in [-0.25, -0.2) is 0 Å². The van der Waals surface area contributed by atoms with E-state index in [2.05, 4.69) is 13.8 Å². The molecule has 0 aliphatic heterocycles. The standard InChI is InChI=1S/C16H20Cl2O/c1-16(2)8-6-11(7-9-16)15(19)10-12-13(17)4-3-5-14(12)18/h3-5,11H,6-10H2,1-2H3. The Hall–Kier alpha value is -0.530. The van der Waals surface area contributed by atoms with Gasteiger partial charge in [-0.05, 0) is 48.8 Å². The van der Waals surface area contributed by atoms with Crippen molar-refractivity contribution in [3.8, 4) is 0 Å². The summed E-state index contributed by atoms with van der Waals surface area (Å²) >= 11 is 12.2. The van der Waals surface area contributed by atoms with Crippen LogP contribution in [0.1, 0.15) is 45.1 Å². The molecule has 3 heteroatoms. The van der Waals surface area contributed by atoms with E-state index in [-0.39, 0.29) is 11.7 Å². The first kappa shape index (κ1) is 14.9. The van der Waals surface area contributed by atoms with Gasteiger partial charge < -0.3 is 0 Å². The molecule has 19 heavy (non-hydrogen) atoms. The molecule has 1 saturated carbocycles. The number of Topliss-reactive ketones (excluding diaryl/α,β-unsaturated/α-hetero) is 1. The number of carbonyl (C=O) groups excluding carboxylic acids is 1. The molecule has 0 bridgehead atoms. The number of rotatable bonds is 3. The van der Waals surface area contributed by atoms with Crippen molar-refractivity contribution in [1.29, 1.82) is 0 Å². The normalized spacial score (nSPS) is 19.4. The second-order valence-electron chi connectivity index (χ2n) is 6.28. The van der Waals surface area contributed by atoms with Crippen LogP contribution in [0.2, 0.25) is 10.0 Å². The largest absolute Gasteiger partial charge is 0.299 e. The molecule has 1 nitrogen and oxygen atoms in total. The third-order valence-corrected chi connectivity index (χ3v) is 4.92. The first-order valence-corrected chi connectivity index (χ1v) is 7.60. The molecule has 1 aliphatic rings. The first-order chi connectivity index (χ1) is 8.89. The summed E-state index contributed by atoms with van der Waals surface area (Å²) in [4.78, 5) is 12.4. The van der Waals surface area contributed by atoms with E-state index in [4.69, 9.17) is 23.2 Å². The van der Waals surface area contributed by atoms with Crippen molar-refractivity contribution in [3.05, 3.63) is 33.8 Å². The van der Waals surface area contributed by atoms with E-state index >= 15 is 0 Å². The van der Waals surface area contributed by atoms with Gasteiger partial charge in [-0.3, -0.25) is 4.79 Å². The second-order valence-corrected chi connectivity index (χ2v) is 7.10. The molecule has 104 valence electrons. The molecular formula is C16H20Cl2O. The molecule has 1 aromatic carbocycles. The highest BCUT2D eigenvalue weighted by Gasteiger charge is 2.30. The smallest absolute Gasteiger partial charge is 0.140 e. The average molecular weight is 299 g/mol. The number of benzene rings is 1. The molecule has 0 atom stereocenters. The maximum absolute atomic E-state index is 12.4. The van der Waals surface area contributed by atoms with Gasteiger partial charge in [0.2, 0.25) is 0 Å². The fourth-order valence-electron chi connectivity index (χ4n) is 2.74. The number of halogens is 2. The monoisotopic (exact) mass is 298 g/mol. The molecule has 0 unspecified atom stereocenters. The van der Waals surface area contributed by atoms with Crippen LogP contribution in [0, 0.1) is 11.3 Å². The van der Waals surface area contributed by atoms with Crippen molar-refractivity contribution in [2.45, 2.75) is 46.0 Å². The lowest BCUT2D eigenvalue weighted by molar-refractivity contribution is -0.123. The fraction of sp³-hybridized carbons (Fsp3) is 0.562. The Morgan fingerprint density at radius 1 is 1.21 bits per heavy atom. The topological polar surface area (TPSA) is 17.1 Å². The van der Waals surface area contributed by atoms with Gasteiger partial charge >= 0.3 is 0 Å². The van der Waals surface area contributed by atoms with Crippen LogP contribution in [0.25, 0.3) is 0 Å². The molecule has 0 amide bonds. The van der Waals surface area contributed by atoms with Crippen molar-refractivity contribution in [2.24, 2.45) is 11.3 Å². The van der Waals surface area contributed by atoms with Crippen LogP contribution in [0.4, 0.5) is 0 Å². The molecule has 0 N–H and O–H groups in total. The zero-order valence-corrected chi connectivity index (χ0v) is 13.0. The Kier molecular flexibility index (Phi) is 4.58. The molecule has 0 heterocycles. The Bertz CT molecular complexity index is 449. The second kappa shape index (κ2) is 5.85. The van der Waals surface area contributed by atoms with Crippen LogP contribution in [0.15, 0.2) is 18.2 Å². The SMILES string of the molecule is CC1(C)CCC(C(=O)Cc2c(Cl)cccc2Cl)CC1. The first-order valence-electron chi connectivity index (χ1n) is 6.85. The Labute approximate surface area is 125 Å². The van der Waals surface area contributed by atoms with E-state index in [1.165, 1.54) is 0 Å². The summed E-state index contributed by atoms with van der Waals surface area (Å²) in [6.07, 6.45) is 4.60. The van der Waals surface area contributed by atoms with Crippen LogP contribution in [0.5, 0.6) is 0 Å². The van der Waals surface area contributed by atoms with Crippen molar-refractivity contribution in [1.82, 2.24) is 0 Å². The lowest BCUT2D eigenvalue weighted by Crippen LogP contribution is -2.27.